The average Bonchev–Trinajstić information content (AvgIpc) is 2.77. The number of carbonyl (C=O) groups excluding carboxylic acids is 2. The van der Waals surface area contributed by atoms with E-state index in [-0.39, 0.29) is 31.1 Å². The maximum absolute atomic E-state index is 12.5. The van der Waals surface area contributed by atoms with E-state index in [2.05, 4.69) is 5.10 Å². The van der Waals surface area contributed by atoms with Crippen LogP contribution in [0.5, 0.6) is 17.2 Å². The molecule has 1 aliphatic rings. The van der Waals surface area contributed by atoms with Gasteiger partial charge in [0.25, 0.3) is 0 Å². The molecule has 1 aliphatic heterocycles. The average molecular weight is 398 g/mol. The van der Waals surface area contributed by atoms with Crippen LogP contribution in [-0.4, -0.2) is 38.9 Å². The summed E-state index contributed by atoms with van der Waals surface area (Å²) in [5.41, 5.74) is 1.47. The summed E-state index contributed by atoms with van der Waals surface area (Å²) in [6.45, 7) is -0.00610. The minimum absolute atomic E-state index is 0.00610. The summed E-state index contributed by atoms with van der Waals surface area (Å²) in [5, 5.41) is 5.43. The summed E-state index contributed by atoms with van der Waals surface area (Å²) >= 11 is 0. The zero-order valence-corrected chi connectivity index (χ0v) is 16.5. The summed E-state index contributed by atoms with van der Waals surface area (Å²) in [6.07, 6.45) is 0.420. The van der Waals surface area contributed by atoms with Crippen molar-refractivity contribution in [3.8, 4) is 17.2 Å². The Kier molecular flexibility index (Phi) is 6.33. The van der Waals surface area contributed by atoms with E-state index in [1.165, 1.54) is 26.3 Å². The van der Waals surface area contributed by atoms with Crippen LogP contribution in [0.3, 0.4) is 0 Å². The van der Waals surface area contributed by atoms with Gasteiger partial charge < -0.3 is 18.9 Å². The normalized spacial score (nSPS) is 13.6. The second-order valence-electron chi connectivity index (χ2n) is 6.20. The number of benzene rings is 2. The van der Waals surface area contributed by atoms with Crippen molar-refractivity contribution in [2.45, 2.75) is 19.4 Å². The summed E-state index contributed by atoms with van der Waals surface area (Å²) < 4.78 is 21.3. The highest BCUT2D eigenvalue weighted by molar-refractivity contribution is 6.37. The SMILES string of the molecule is COc1cc(COC(=O)C2=NN(c3ccccc3)C(=O)CC2)cc(OC)c1OC. The van der Waals surface area contributed by atoms with Gasteiger partial charge in [0, 0.05) is 12.8 Å². The molecule has 0 fully saturated rings. The number of nitrogens with zero attached hydrogens (tertiary/aromatic N) is 2. The fourth-order valence-corrected chi connectivity index (χ4v) is 2.92. The number of rotatable bonds is 7. The Hall–Kier alpha value is -3.55. The summed E-state index contributed by atoms with van der Waals surface area (Å²) in [5.74, 6) is 0.644. The van der Waals surface area contributed by atoms with Crippen molar-refractivity contribution < 1.29 is 28.5 Å². The third kappa shape index (κ3) is 4.48. The van der Waals surface area contributed by atoms with Crippen LogP contribution in [0, 0.1) is 0 Å². The fraction of sp³-hybridized carbons (Fsp3) is 0.286. The largest absolute Gasteiger partial charge is 0.493 e. The van der Waals surface area contributed by atoms with Gasteiger partial charge in [0.1, 0.15) is 12.3 Å². The molecule has 3 rings (SSSR count). The van der Waals surface area contributed by atoms with Crippen LogP contribution in [-0.2, 0) is 20.9 Å². The minimum Gasteiger partial charge on any atom is -0.493 e. The number of hydrogen-bond acceptors (Lipinski definition) is 7. The Labute approximate surface area is 168 Å². The highest BCUT2D eigenvalue weighted by Crippen LogP contribution is 2.38. The van der Waals surface area contributed by atoms with E-state index in [4.69, 9.17) is 18.9 Å². The van der Waals surface area contributed by atoms with E-state index in [0.29, 0.717) is 28.5 Å². The highest BCUT2D eigenvalue weighted by Gasteiger charge is 2.26. The first-order valence-corrected chi connectivity index (χ1v) is 8.99. The molecule has 0 aliphatic carbocycles. The van der Waals surface area contributed by atoms with Gasteiger partial charge in [-0.3, -0.25) is 4.79 Å². The third-order valence-electron chi connectivity index (χ3n) is 4.36. The number of amides is 1. The lowest BCUT2D eigenvalue weighted by atomic mass is 10.1. The molecule has 0 spiro atoms. The lowest BCUT2D eigenvalue weighted by Crippen LogP contribution is -2.34. The van der Waals surface area contributed by atoms with Crippen molar-refractivity contribution in [3.05, 3.63) is 48.0 Å². The van der Waals surface area contributed by atoms with Crippen LogP contribution in [0.15, 0.2) is 47.6 Å². The van der Waals surface area contributed by atoms with Crippen molar-refractivity contribution in [1.82, 2.24) is 0 Å². The summed E-state index contributed by atoms with van der Waals surface area (Å²) in [7, 11) is 4.54. The Morgan fingerprint density at radius 3 is 2.24 bits per heavy atom. The molecule has 0 saturated heterocycles. The lowest BCUT2D eigenvalue weighted by molar-refractivity contribution is -0.137. The highest BCUT2D eigenvalue weighted by atomic mass is 16.5. The molecule has 1 amide bonds. The van der Waals surface area contributed by atoms with E-state index >= 15 is 0 Å². The monoisotopic (exact) mass is 398 g/mol. The van der Waals surface area contributed by atoms with Gasteiger partial charge in [0.05, 0.1) is 27.0 Å². The van der Waals surface area contributed by atoms with E-state index in [1.807, 2.05) is 6.07 Å². The molecule has 1 heterocycles. The number of hydrazone groups is 1. The van der Waals surface area contributed by atoms with Gasteiger partial charge in [-0.2, -0.15) is 5.10 Å². The number of methoxy groups -OCH3 is 3. The van der Waals surface area contributed by atoms with Gasteiger partial charge in [-0.05, 0) is 29.8 Å². The molecule has 152 valence electrons. The quantitative estimate of drug-likeness (QED) is 0.667. The predicted molar refractivity (Wildman–Crippen MR) is 106 cm³/mol. The molecule has 29 heavy (non-hydrogen) atoms. The Bertz CT molecular complexity index is 901. The molecule has 8 nitrogen and oxygen atoms in total. The molecule has 2 aromatic rings. The van der Waals surface area contributed by atoms with Crippen LogP contribution in [0.1, 0.15) is 18.4 Å². The first-order chi connectivity index (χ1) is 14.1. The van der Waals surface area contributed by atoms with Crippen molar-refractivity contribution in [2.75, 3.05) is 26.3 Å². The van der Waals surface area contributed by atoms with Gasteiger partial charge in [-0.1, -0.05) is 18.2 Å². The second kappa shape index (κ2) is 9.09. The maximum Gasteiger partial charge on any atom is 0.354 e. The molecule has 0 atom stereocenters. The molecule has 0 aromatic heterocycles. The summed E-state index contributed by atoms with van der Waals surface area (Å²) in [6, 6.07) is 12.4. The second-order valence-corrected chi connectivity index (χ2v) is 6.20. The number of hydrogen-bond donors (Lipinski definition) is 0. The van der Waals surface area contributed by atoms with Crippen LogP contribution in [0.25, 0.3) is 0 Å². The Morgan fingerprint density at radius 2 is 1.66 bits per heavy atom. The van der Waals surface area contributed by atoms with E-state index in [9.17, 15) is 9.59 Å². The van der Waals surface area contributed by atoms with Gasteiger partial charge in [0.15, 0.2) is 11.5 Å². The number of para-hydroxylation sites is 1. The van der Waals surface area contributed by atoms with Crippen molar-refractivity contribution in [3.63, 3.8) is 0 Å². The Morgan fingerprint density at radius 1 is 1.00 bits per heavy atom. The maximum atomic E-state index is 12.5. The standard InChI is InChI=1S/C21H22N2O6/c1-26-17-11-14(12-18(27-2)20(17)28-3)13-29-21(25)16-9-10-19(24)23(22-16)15-7-5-4-6-8-15/h4-8,11-12H,9-10,13H2,1-3H3. The van der Waals surface area contributed by atoms with E-state index in [1.54, 1.807) is 36.4 Å². The zero-order chi connectivity index (χ0) is 20.8. The van der Waals surface area contributed by atoms with Gasteiger partial charge in [-0.25, -0.2) is 9.80 Å². The number of carbonyl (C=O) groups is 2. The molecule has 0 unspecified atom stereocenters. The zero-order valence-electron chi connectivity index (χ0n) is 16.5. The molecular weight excluding hydrogens is 376 g/mol. The van der Waals surface area contributed by atoms with Crippen LogP contribution < -0.4 is 19.2 Å². The third-order valence-corrected chi connectivity index (χ3v) is 4.36. The van der Waals surface area contributed by atoms with Crippen LogP contribution >= 0.6 is 0 Å². The van der Waals surface area contributed by atoms with Gasteiger partial charge in [-0.15, -0.1) is 0 Å². The minimum atomic E-state index is -0.577. The lowest BCUT2D eigenvalue weighted by Gasteiger charge is -2.22. The fourth-order valence-electron chi connectivity index (χ4n) is 2.92. The van der Waals surface area contributed by atoms with Crippen molar-refractivity contribution in [2.24, 2.45) is 5.10 Å². The number of esters is 1. The molecule has 2 aromatic carbocycles. The van der Waals surface area contributed by atoms with Gasteiger partial charge in [0.2, 0.25) is 11.7 Å². The Balaban J connectivity index is 1.74. The molecule has 0 bridgehead atoms. The first kappa shape index (κ1) is 20.2. The van der Waals surface area contributed by atoms with Crippen LogP contribution in [0.4, 0.5) is 5.69 Å². The molecule has 0 N–H and O–H groups in total. The number of ether oxygens (including phenoxy) is 4. The topological polar surface area (TPSA) is 86.7 Å². The smallest absolute Gasteiger partial charge is 0.354 e. The van der Waals surface area contributed by atoms with E-state index in [0.717, 1.165) is 0 Å². The van der Waals surface area contributed by atoms with Crippen molar-refractivity contribution >= 4 is 23.3 Å². The first-order valence-electron chi connectivity index (χ1n) is 8.99. The molecule has 0 saturated carbocycles. The molecule has 8 heteroatoms. The predicted octanol–water partition coefficient (Wildman–Crippen LogP) is 2.94. The van der Waals surface area contributed by atoms with Crippen molar-refractivity contribution in [1.29, 1.82) is 0 Å². The van der Waals surface area contributed by atoms with Crippen LogP contribution in [0.2, 0.25) is 0 Å². The van der Waals surface area contributed by atoms with E-state index < -0.39 is 5.97 Å². The summed E-state index contributed by atoms with van der Waals surface area (Å²) in [4.78, 5) is 24.7. The van der Waals surface area contributed by atoms with Gasteiger partial charge >= 0.3 is 5.97 Å². The molecule has 0 radical (unpaired) electrons. The number of anilines is 1. The molecular formula is C21H22N2O6.